The summed E-state index contributed by atoms with van der Waals surface area (Å²) >= 11 is 0. The molecule has 0 aliphatic heterocycles. The van der Waals surface area contributed by atoms with Crippen LogP contribution in [0.4, 0.5) is 0 Å². The molecular weight excluding hydrogens is 264 g/mol. The molecule has 0 radical (unpaired) electrons. The average molecular weight is 300 g/mol. The number of carbonyl (C=O) groups excluding carboxylic acids is 1. The number of hydrogen-bond acceptors (Lipinski definition) is 3. The number of aliphatic hydroxyl groups excluding tert-OH is 1. The van der Waals surface area contributed by atoms with E-state index >= 15 is 0 Å². The number of hydrogen-bond donors (Lipinski definition) is 1. The monoisotopic (exact) mass is 300 g/mol. The molecule has 0 aliphatic carbocycles. The van der Waals surface area contributed by atoms with Crippen LogP contribution in [0.2, 0.25) is 0 Å². The lowest BCUT2D eigenvalue weighted by Gasteiger charge is -2.22. The zero-order chi connectivity index (χ0) is 15.9. The summed E-state index contributed by atoms with van der Waals surface area (Å²) in [6.07, 6.45) is 12.8. The lowest BCUT2D eigenvalue weighted by Crippen LogP contribution is -2.30. The highest BCUT2D eigenvalue weighted by Crippen LogP contribution is 2.17. The van der Waals surface area contributed by atoms with Crippen molar-refractivity contribution < 1.29 is 14.6 Å². The Balaban J connectivity index is 3.77. The summed E-state index contributed by atoms with van der Waals surface area (Å²) in [6, 6.07) is 0. The first-order valence-electron chi connectivity index (χ1n) is 8.97. The van der Waals surface area contributed by atoms with Gasteiger partial charge in [-0.2, -0.15) is 0 Å². The molecule has 0 spiro atoms. The van der Waals surface area contributed by atoms with Crippen LogP contribution in [0, 0.1) is 0 Å². The smallest absolute Gasteiger partial charge is 0.302 e. The van der Waals surface area contributed by atoms with Crippen molar-refractivity contribution >= 4 is 5.97 Å². The number of esters is 1. The summed E-state index contributed by atoms with van der Waals surface area (Å²) < 4.78 is 5.28. The van der Waals surface area contributed by atoms with Gasteiger partial charge < -0.3 is 9.84 Å². The largest absolute Gasteiger partial charge is 0.460 e. The molecular formula is C18H36O3. The zero-order valence-electron chi connectivity index (χ0n) is 14.4. The minimum Gasteiger partial charge on any atom is -0.460 e. The molecule has 0 amide bonds. The molecule has 0 saturated carbocycles. The Hall–Kier alpha value is -0.570. The summed E-state index contributed by atoms with van der Waals surface area (Å²) in [6.45, 7) is 5.76. The molecule has 126 valence electrons. The van der Waals surface area contributed by atoms with Crippen LogP contribution in [0.25, 0.3) is 0 Å². The van der Waals surface area contributed by atoms with Crippen LogP contribution in [0.3, 0.4) is 0 Å². The fourth-order valence-electron chi connectivity index (χ4n) is 2.62. The van der Waals surface area contributed by atoms with E-state index in [0.29, 0.717) is 0 Å². The molecule has 0 rings (SSSR count). The maximum Gasteiger partial charge on any atom is 0.302 e. The van der Waals surface area contributed by atoms with Crippen molar-refractivity contribution in [2.24, 2.45) is 0 Å². The van der Waals surface area contributed by atoms with Crippen LogP contribution in [0.5, 0.6) is 0 Å². The van der Waals surface area contributed by atoms with Gasteiger partial charge >= 0.3 is 5.97 Å². The van der Waals surface area contributed by atoms with Gasteiger partial charge in [0.2, 0.25) is 0 Å². The molecule has 2 atom stereocenters. The Bertz CT molecular complexity index is 241. The van der Waals surface area contributed by atoms with Crippen LogP contribution in [-0.2, 0) is 9.53 Å². The summed E-state index contributed by atoms with van der Waals surface area (Å²) in [7, 11) is 0. The van der Waals surface area contributed by atoms with E-state index in [1.807, 2.05) is 0 Å². The van der Waals surface area contributed by atoms with Gasteiger partial charge in [-0.15, -0.1) is 0 Å². The van der Waals surface area contributed by atoms with Gasteiger partial charge in [0, 0.05) is 6.92 Å². The van der Waals surface area contributed by atoms with E-state index in [1.165, 1.54) is 51.9 Å². The molecule has 0 saturated heterocycles. The molecule has 0 fully saturated rings. The van der Waals surface area contributed by atoms with Gasteiger partial charge in [-0.1, -0.05) is 71.6 Å². The second-order valence-electron chi connectivity index (χ2n) is 6.12. The van der Waals surface area contributed by atoms with Gasteiger partial charge in [0.1, 0.15) is 6.10 Å². The predicted molar refractivity (Wildman–Crippen MR) is 88.3 cm³/mol. The number of ether oxygens (including phenoxy) is 1. The lowest BCUT2D eigenvalue weighted by molar-refractivity contribution is -0.153. The van der Waals surface area contributed by atoms with Crippen molar-refractivity contribution in [3.05, 3.63) is 0 Å². The Morgan fingerprint density at radius 3 is 1.90 bits per heavy atom. The highest BCUT2D eigenvalue weighted by molar-refractivity contribution is 5.66. The van der Waals surface area contributed by atoms with E-state index in [2.05, 4.69) is 13.8 Å². The highest BCUT2D eigenvalue weighted by Gasteiger charge is 2.21. The van der Waals surface area contributed by atoms with Crippen molar-refractivity contribution in [1.82, 2.24) is 0 Å². The van der Waals surface area contributed by atoms with Gasteiger partial charge in [-0.25, -0.2) is 0 Å². The summed E-state index contributed by atoms with van der Waals surface area (Å²) in [4.78, 5) is 11.1. The molecule has 21 heavy (non-hydrogen) atoms. The first-order valence-corrected chi connectivity index (χ1v) is 8.97. The molecule has 0 aliphatic rings. The summed E-state index contributed by atoms with van der Waals surface area (Å²) in [5, 5.41) is 10.1. The fraction of sp³-hybridized carbons (Fsp3) is 0.944. The van der Waals surface area contributed by atoms with Crippen molar-refractivity contribution in [3.63, 3.8) is 0 Å². The summed E-state index contributed by atoms with van der Waals surface area (Å²) in [5.74, 6) is -0.282. The Labute approximate surface area is 131 Å². The van der Waals surface area contributed by atoms with E-state index in [4.69, 9.17) is 4.74 Å². The molecule has 0 heterocycles. The van der Waals surface area contributed by atoms with Crippen molar-refractivity contribution in [1.29, 1.82) is 0 Å². The minimum atomic E-state index is -0.501. The molecule has 0 aromatic carbocycles. The van der Waals surface area contributed by atoms with Crippen LogP contribution >= 0.6 is 0 Å². The van der Waals surface area contributed by atoms with E-state index in [0.717, 1.165) is 32.1 Å². The Morgan fingerprint density at radius 1 is 0.857 bits per heavy atom. The van der Waals surface area contributed by atoms with E-state index in [1.54, 1.807) is 0 Å². The Morgan fingerprint density at radius 2 is 1.38 bits per heavy atom. The second-order valence-corrected chi connectivity index (χ2v) is 6.12. The lowest BCUT2D eigenvalue weighted by atomic mass is 10.0. The molecule has 0 bridgehead atoms. The third-order valence-electron chi connectivity index (χ3n) is 3.94. The maximum atomic E-state index is 11.1. The molecule has 0 aromatic heterocycles. The number of aliphatic hydroxyl groups is 1. The van der Waals surface area contributed by atoms with Crippen LogP contribution in [-0.4, -0.2) is 23.3 Å². The van der Waals surface area contributed by atoms with Crippen molar-refractivity contribution in [2.75, 3.05) is 0 Å². The SMILES string of the molecule is CCCCCCCCCCC(OC(C)=O)C(O)CCCC. The van der Waals surface area contributed by atoms with Gasteiger partial charge in [0.15, 0.2) is 0 Å². The highest BCUT2D eigenvalue weighted by atomic mass is 16.6. The number of carbonyl (C=O) groups is 1. The standard InChI is InChI=1S/C18H36O3/c1-4-6-8-9-10-11-12-13-15-18(21-16(3)19)17(20)14-7-5-2/h17-18,20H,4-15H2,1-3H3. The van der Waals surface area contributed by atoms with Crippen LogP contribution in [0.15, 0.2) is 0 Å². The van der Waals surface area contributed by atoms with E-state index in [-0.39, 0.29) is 12.1 Å². The summed E-state index contributed by atoms with van der Waals surface area (Å²) in [5.41, 5.74) is 0. The maximum absolute atomic E-state index is 11.1. The first-order chi connectivity index (χ1) is 10.1. The molecule has 1 N–H and O–H groups in total. The third kappa shape index (κ3) is 12.9. The first kappa shape index (κ1) is 20.4. The van der Waals surface area contributed by atoms with Crippen LogP contribution < -0.4 is 0 Å². The van der Waals surface area contributed by atoms with Gasteiger partial charge in [-0.3, -0.25) is 4.79 Å². The van der Waals surface area contributed by atoms with Crippen molar-refractivity contribution in [3.8, 4) is 0 Å². The molecule has 0 aromatic rings. The zero-order valence-corrected chi connectivity index (χ0v) is 14.4. The topological polar surface area (TPSA) is 46.5 Å². The average Bonchev–Trinajstić information content (AvgIpc) is 2.45. The van der Waals surface area contributed by atoms with Crippen molar-refractivity contribution in [2.45, 2.75) is 110 Å². The van der Waals surface area contributed by atoms with Gasteiger partial charge in [-0.05, 0) is 19.3 Å². The van der Waals surface area contributed by atoms with E-state index in [9.17, 15) is 9.90 Å². The predicted octanol–water partition coefficient (Wildman–Crippen LogP) is 5.00. The fourth-order valence-corrected chi connectivity index (χ4v) is 2.62. The quantitative estimate of drug-likeness (QED) is 0.363. The number of rotatable bonds is 14. The third-order valence-corrected chi connectivity index (χ3v) is 3.94. The molecule has 3 nitrogen and oxygen atoms in total. The van der Waals surface area contributed by atoms with Gasteiger partial charge in [0.05, 0.1) is 6.10 Å². The second kappa shape index (κ2) is 14.4. The molecule has 3 heteroatoms. The molecule has 2 unspecified atom stereocenters. The minimum absolute atomic E-state index is 0.282. The normalized spacial score (nSPS) is 13.9. The Kier molecular flexibility index (Phi) is 14.0. The van der Waals surface area contributed by atoms with Gasteiger partial charge in [0.25, 0.3) is 0 Å². The number of unbranched alkanes of at least 4 members (excludes halogenated alkanes) is 8. The van der Waals surface area contributed by atoms with E-state index < -0.39 is 6.10 Å². The van der Waals surface area contributed by atoms with Crippen LogP contribution in [0.1, 0.15) is 97.8 Å².